The molecule has 0 radical (unpaired) electrons. The summed E-state index contributed by atoms with van der Waals surface area (Å²) in [6, 6.07) is 6.24. The van der Waals surface area contributed by atoms with Gasteiger partial charge in [0.25, 0.3) is 0 Å². The van der Waals surface area contributed by atoms with Gasteiger partial charge in [0, 0.05) is 5.69 Å². The lowest BCUT2D eigenvalue weighted by molar-refractivity contribution is -0.137. The van der Waals surface area contributed by atoms with Crippen molar-refractivity contribution in [2.24, 2.45) is 0 Å². The zero-order valence-electron chi connectivity index (χ0n) is 12.1. The van der Waals surface area contributed by atoms with E-state index < -0.39 is 35.0 Å². The fourth-order valence-electron chi connectivity index (χ4n) is 1.83. The van der Waals surface area contributed by atoms with Gasteiger partial charge in [0.1, 0.15) is 12.2 Å². The van der Waals surface area contributed by atoms with E-state index >= 15 is 0 Å². The lowest BCUT2D eigenvalue weighted by atomic mass is 10.2. The van der Waals surface area contributed by atoms with Gasteiger partial charge >= 0.3 is 6.18 Å². The van der Waals surface area contributed by atoms with Gasteiger partial charge in [-0.2, -0.15) is 13.2 Å². The van der Waals surface area contributed by atoms with Crippen molar-refractivity contribution in [3.8, 4) is 0 Å². The van der Waals surface area contributed by atoms with E-state index in [-0.39, 0.29) is 12.2 Å². The molecule has 0 fully saturated rings. The third-order valence-corrected chi connectivity index (χ3v) is 3.25. The SMILES string of the molecule is O=C(CC(=O)Nc1ccc(Cl)c(C(F)(F)F)c1)NCc1ccco1. The molecule has 128 valence electrons. The van der Waals surface area contributed by atoms with Crippen molar-refractivity contribution in [1.29, 1.82) is 0 Å². The number of halogens is 4. The molecule has 9 heteroatoms. The minimum absolute atomic E-state index is 0.101. The maximum atomic E-state index is 12.7. The van der Waals surface area contributed by atoms with Gasteiger partial charge in [-0.15, -0.1) is 0 Å². The average Bonchev–Trinajstić information content (AvgIpc) is 2.99. The van der Waals surface area contributed by atoms with Crippen molar-refractivity contribution in [2.75, 3.05) is 5.32 Å². The van der Waals surface area contributed by atoms with E-state index in [1.807, 2.05) is 0 Å². The molecule has 0 spiro atoms. The van der Waals surface area contributed by atoms with Crippen molar-refractivity contribution >= 4 is 29.1 Å². The van der Waals surface area contributed by atoms with E-state index in [9.17, 15) is 22.8 Å². The molecule has 5 nitrogen and oxygen atoms in total. The molecule has 2 rings (SSSR count). The highest BCUT2D eigenvalue weighted by molar-refractivity contribution is 6.31. The molecule has 2 N–H and O–H groups in total. The Morgan fingerprint density at radius 2 is 1.92 bits per heavy atom. The lowest BCUT2D eigenvalue weighted by Crippen LogP contribution is -2.27. The number of anilines is 1. The van der Waals surface area contributed by atoms with Gasteiger partial charge in [-0.05, 0) is 30.3 Å². The maximum Gasteiger partial charge on any atom is 0.417 e. The van der Waals surface area contributed by atoms with Crippen LogP contribution in [0.4, 0.5) is 18.9 Å². The number of furan rings is 1. The third-order valence-electron chi connectivity index (χ3n) is 2.92. The lowest BCUT2D eigenvalue weighted by Gasteiger charge is -2.11. The molecule has 1 aromatic heterocycles. The number of carbonyl (C=O) groups is 2. The summed E-state index contributed by atoms with van der Waals surface area (Å²) in [4.78, 5) is 23.3. The molecule has 1 aromatic carbocycles. The van der Waals surface area contributed by atoms with Gasteiger partial charge in [-0.25, -0.2) is 0 Å². The monoisotopic (exact) mass is 360 g/mol. The average molecular weight is 361 g/mol. The summed E-state index contributed by atoms with van der Waals surface area (Å²) in [5, 5.41) is 4.20. The Balaban J connectivity index is 1.91. The quantitative estimate of drug-likeness (QED) is 0.800. The number of hydrogen-bond acceptors (Lipinski definition) is 3. The first-order valence-corrected chi connectivity index (χ1v) is 7.09. The molecule has 0 saturated carbocycles. The largest absolute Gasteiger partial charge is 0.467 e. The molecule has 0 aliphatic carbocycles. The Kier molecular flexibility index (Phi) is 5.50. The number of rotatable bonds is 5. The molecule has 2 aromatic rings. The van der Waals surface area contributed by atoms with Crippen molar-refractivity contribution in [3.63, 3.8) is 0 Å². The van der Waals surface area contributed by atoms with Gasteiger partial charge in [0.05, 0.1) is 23.4 Å². The predicted octanol–water partition coefficient (Wildman–Crippen LogP) is 3.60. The highest BCUT2D eigenvalue weighted by atomic mass is 35.5. The summed E-state index contributed by atoms with van der Waals surface area (Å²) in [5.74, 6) is -0.826. The van der Waals surface area contributed by atoms with Crippen LogP contribution in [0.3, 0.4) is 0 Å². The normalized spacial score (nSPS) is 11.2. The molecule has 2 amide bonds. The number of hydrogen-bond donors (Lipinski definition) is 2. The van der Waals surface area contributed by atoms with Crippen LogP contribution in [0.1, 0.15) is 17.7 Å². The molecule has 0 aliphatic heterocycles. The van der Waals surface area contributed by atoms with E-state index in [0.29, 0.717) is 11.8 Å². The Morgan fingerprint density at radius 3 is 2.54 bits per heavy atom. The summed E-state index contributed by atoms with van der Waals surface area (Å²) in [6.07, 6.45) is -3.74. The molecule has 1 heterocycles. The van der Waals surface area contributed by atoms with Crippen molar-refractivity contribution < 1.29 is 27.2 Å². The summed E-state index contributed by atoms with van der Waals surface area (Å²) in [6.45, 7) is 0.109. The number of amides is 2. The Morgan fingerprint density at radius 1 is 1.17 bits per heavy atom. The summed E-state index contributed by atoms with van der Waals surface area (Å²) >= 11 is 5.49. The smallest absolute Gasteiger partial charge is 0.417 e. The minimum Gasteiger partial charge on any atom is -0.467 e. The molecule has 0 unspecified atom stereocenters. The van der Waals surface area contributed by atoms with Gasteiger partial charge < -0.3 is 15.1 Å². The van der Waals surface area contributed by atoms with Crippen molar-refractivity contribution in [1.82, 2.24) is 5.32 Å². The van der Waals surface area contributed by atoms with Crippen LogP contribution in [0.25, 0.3) is 0 Å². The molecule has 0 bridgehead atoms. The number of alkyl halides is 3. The summed E-state index contributed by atoms with van der Waals surface area (Å²) < 4.78 is 43.2. The number of nitrogens with one attached hydrogen (secondary N) is 2. The first-order chi connectivity index (χ1) is 11.3. The molecular weight excluding hydrogens is 349 g/mol. The molecule has 0 aliphatic rings. The van der Waals surface area contributed by atoms with Crippen LogP contribution in [0.15, 0.2) is 41.0 Å². The zero-order valence-corrected chi connectivity index (χ0v) is 12.9. The fourth-order valence-corrected chi connectivity index (χ4v) is 2.06. The third kappa shape index (κ3) is 5.02. The van der Waals surface area contributed by atoms with E-state index in [1.165, 1.54) is 12.3 Å². The number of benzene rings is 1. The van der Waals surface area contributed by atoms with Crippen LogP contribution in [0.5, 0.6) is 0 Å². The standard InChI is InChI=1S/C15H12ClF3N2O3/c16-12-4-3-9(6-11(12)15(17,18)19)21-14(23)7-13(22)20-8-10-2-1-5-24-10/h1-6H,7-8H2,(H,20,22)(H,21,23). The van der Waals surface area contributed by atoms with Crippen LogP contribution in [0, 0.1) is 0 Å². The van der Waals surface area contributed by atoms with Gasteiger partial charge in [-0.1, -0.05) is 11.6 Å². The van der Waals surface area contributed by atoms with E-state index in [2.05, 4.69) is 10.6 Å². The first kappa shape index (κ1) is 17.9. The molecule has 0 saturated heterocycles. The summed E-state index contributed by atoms with van der Waals surface area (Å²) in [7, 11) is 0. The highest BCUT2D eigenvalue weighted by Gasteiger charge is 2.33. The van der Waals surface area contributed by atoms with E-state index in [1.54, 1.807) is 12.1 Å². The van der Waals surface area contributed by atoms with Crippen LogP contribution >= 0.6 is 11.6 Å². The van der Waals surface area contributed by atoms with Crippen LogP contribution in [0.2, 0.25) is 5.02 Å². The number of carbonyl (C=O) groups excluding carboxylic acids is 2. The summed E-state index contributed by atoms with van der Waals surface area (Å²) in [5.41, 5.74) is -1.17. The Bertz CT molecular complexity index is 730. The van der Waals surface area contributed by atoms with Crippen LogP contribution in [-0.2, 0) is 22.3 Å². The van der Waals surface area contributed by atoms with Gasteiger partial charge in [0.2, 0.25) is 11.8 Å². The second kappa shape index (κ2) is 7.39. The fraction of sp³-hybridized carbons (Fsp3) is 0.200. The second-order valence-corrected chi connectivity index (χ2v) is 5.18. The van der Waals surface area contributed by atoms with Gasteiger partial charge in [0.15, 0.2) is 0 Å². The van der Waals surface area contributed by atoms with Gasteiger partial charge in [-0.3, -0.25) is 9.59 Å². The van der Waals surface area contributed by atoms with E-state index in [4.69, 9.17) is 16.0 Å². The Labute approximate surface area is 139 Å². The predicted molar refractivity (Wildman–Crippen MR) is 80.3 cm³/mol. The zero-order chi connectivity index (χ0) is 17.7. The molecule has 24 heavy (non-hydrogen) atoms. The van der Waals surface area contributed by atoms with Crippen LogP contribution in [-0.4, -0.2) is 11.8 Å². The van der Waals surface area contributed by atoms with Crippen molar-refractivity contribution in [2.45, 2.75) is 19.1 Å². The van der Waals surface area contributed by atoms with E-state index in [0.717, 1.165) is 6.07 Å². The second-order valence-electron chi connectivity index (χ2n) is 4.77. The minimum atomic E-state index is -4.64. The first-order valence-electron chi connectivity index (χ1n) is 6.71. The maximum absolute atomic E-state index is 12.7. The van der Waals surface area contributed by atoms with Crippen molar-refractivity contribution in [3.05, 3.63) is 52.9 Å². The molecular formula is C15H12ClF3N2O3. The highest BCUT2D eigenvalue weighted by Crippen LogP contribution is 2.36. The topological polar surface area (TPSA) is 71.3 Å². The van der Waals surface area contributed by atoms with Crippen LogP contribution < -0.4 is 10.6 Å². The molecule has 0 atom stereocenters. The Hall–Kier alpha value is -2.48.